The quantitative estimate of drug-likeness (QED) is 0.0820. The normalized spacial score (nSPS) is 12.7. The SMILES string of the molecule is C=C/C=C(/c1ccc(N(c2ccc(N(C)c3ccc4c5cccc6cccc(c7cccc3c74)c65)cc2)c2ccc3ccccc3c2)cc1)C1CC1.C=C/C=C\C.CC. The Morgan fingerprint density at radius 2 is 1.07 bits per heavy atom. The topological polar surface area (TPSA) is 6.48 Å². The lowest BCUT2D eigenvalue weighted by Gasteiger charge is -2.28. The number of benzene rings is 9. The van der Waals surface area contributed by atoms with Gasteiger partial charge in [0.2, 0.25) is 0 Å². The molecule has 0 radical (unpaired) electrons. The van der Waals surface area contributed by atoms with Crippen LogP contribution in [0.5, 0.6) is 0 Å². The number of fused-ring (bicyclic) bond motifs is 3. The molecular weight excluding hydrogens is 713 g/mol. The third-order valence-corrected chi connectivity index (χ3v) is 11.5. The maximum atomic E-state index is 3.98. The highest BCUT2D eigenvalue weighted by molar-refractivity contribution is 6.34. The highest BCUT2D eigenvalue weighted by Crippen LogP contribution is 2.45. The first-order chi connectivity index (χ1) is 29.1. The predicted molar refractivity (Wildman–Crippen MR) is 262 cm³/mol. The van der Waals surface area contributed by atoms with Gasteiger partial charge in [0.15, 0.2) is 0 Å². The van der Waals surface area contributed by atoms with Gasteiger partial charge in [0, 0.05) is 40.9 Å². The maximum absolute atomic E-state index is 3.98. The zero-order valence-electron chi connectivity index (χ0n) is 34.7. The molecule has 0 unspecified atom stereocenters. The first-order valence-corrected chi connectivity index (χ1v) is 21.0. The molecular formula is C57H52N2. The zero-order valence-corrected chi connectivity index (χ0v) is 34.7. The van der Waals surface area contributed by atoms with E-state index in [1.165, 1.54) is 83.5 Å². The number of hydrogen-bond donors (Lipinski definition) is 0. The fourth-order valence-corrected chi connectivity index (χ4v) is 8.58. The lowest BCUT2D eigenvalue weighted by Crippen LogP contribution is -2.12. The number of nitrogens with zero attached hydrogens (tertiary/aromatic N) is 2. The summed E-state index contributed by atoms with van der Waals surface area (Å²) in [7, 11) is 2.19. The van der Waals surface area contributed by atoms with Crippen LogP contribution in [0.1, 0.15) is 39.2 Å². The number of rotatable bonds is 9. The molecule has 0 aliphatic heterocycles. The standard InChI is InChI=1S/C50H38N2.C5H8.C2H6/c1-3-9-42(34-18-19-34)35-21-23-39(24-22-35)52(41-25-20-33-10-4-5-11-37(33)32-41)40-28-26-38(27-29-40)51(2)48-31-30-46-44-15-7-13-36-12-6-14-43(49(36)44)45-16-8-17-47(48)50(45)46;1-3-5-4-2;1-2/h3-17,20-32,34H,1,18-19H2,2H3;3-5H,1H2,2H3;1-2H3/b42-9+;5-4-;. The van der Waals surface area contributed by atoms with Crippen molar-refractivity contribution in [2.75, 3.05) is 16.8 Å². The van der Waals surface area contributed by atoms with Gasteiger partial charge in [-0.3, -0.25) is 0 Å². The highest BCUT2D eigenvalue weighted by atomic mass is 15.1. The molecule has 0 N–H and O–H groups in total. The minimum absolute atomic E-state index is 0.651. The highest BCUT2D eigenvalue weighted by Gasteiger charge is 2.26. The Kier molecular flexibility index (Phi) is 11.4. The van der Waals surface area contributed by atoms with E-state index < -0.39 is 0 Å². The van der Waals surface area contributed by atoms with E-state index in [0.717, 1.165) is 22.7 Å². The van der Waals surface area contributed by atoms with Gasteiger partial charge in [-0.15, -0.1) is 0 Å². The van der Waals surface area contributed by atoms with Crippen molar-refractivity contribution < 1.29 is 0 Å². The van der Waals surface area contributed by atoms with E-state index in [4.69, 9.17) is 0 Å². The van der Waals surface area contributed by atoms with Crippen molar-refractivity contribution in [3.63, 3.8) is 0 Å². The smallest absolute Gasteiger partial charge is 0.0488 e. The molecule has 2 nitrogen and oxygen atoms in total. The van der Waals surface area contributed by atoms with Gasteiger partial charge >= 0.3 is 0 Å². The van der Waals surface area contributed by atoms with Crippen LogP contribution in [0.2, 0.25) is 0 Å². The molecule has 10 rings (SSSR count). The molecule has 1 aliphatic carbocycles. The van der Waals surface area contributed by atoms with E-state index in [-0.39, 0.29) is 0 Å². The van der Waals surface area contributed by atoms with E-state index in [2.05, 4.69) is 194 Å². The van der Waals surface area contributed by atoms with Gasteiger partial charge in [0.25, 0.3) is 0 Å². The van der Waals surface area contributed by atoms with Gasteiger partial charge in [0.1, 0.15) is 0 Å². The molecule has 9 aromatic rings. The molecule has 0 spiro atoms. The maximum Gasteiger partial charge on any atom is 0.0488 e. The van der Waals surface area contributed by atoms with Crippen LogP contribution in [0.15, 0.2) is 201 Å². The molecule has 0 heterocycles. The van der Waals surface area contributed by atoms with Crippen molar-refractivity contribution >= 4 is 87.9 Å². The van der Waals surface area contributed by atoms with Gasteiger partial charge in [0.05, 0.1) is 0 Å². The molecule has 1 fully saturated rings. The number of anilines is 5. The van der Waals surface area contributed by atoms with E-state index in [1.807, 2.05) is 39.0 Å². The summed E-state index contributed by atoms with van der Waals surface area (Å²) in [6, 6.07) is 58.2. The number of allylic oxidation sites excluding steroid dienone is 6. The first-order valence-electron chi connectivity index (χ1n) is 21.0. The Labute approximate surface area is 349 Å². The summed E-state index contributed by atoms with van der Waals surface area (Å²) < 4.78 is 0. The molecule has 59 heavy (non-hydrogen) atoms. The average molecular weight is 765 g/mol. The van der Waals surface area contributed by atoms with E-state index in [0.29, 0.717) is 5.92 Å². The van der Waals surface area contributed by atoms with Crippen LogP contribution < -0.4 is 9.80 Å². The van der Waals surface area contributed by atoms with Gasteiger partial charge in [-0.2, -0.15) is 0 Å². The zero-order chi connectivity index (χ0) is 40.9. The average Bonchev–Trinajstić information content (AvgIpc) is 4.14. The third-order valence-electron chi connectivity index (χ3n) is 11.5. The van der Waals surface area contributed by atoms with Crippen LogP contribution >= 0.6 is 0 Å². The molecule has 1 aliphatic rings. The summed E-state index contributed by atoms with van der Waals surface area (Å²) in [4.78, 5) is 4.70. The van der Waals surface area contributed by atoms with Crippen LogP contribution in [0, 0.1) is 5.92 Å². The van der Waals surface area contributed by atoms with Crippen molar-refractivity contribution in [1.82, 2.24) is 0 Å². The summed E-state index contributed by atoms with van der Waals surface area (Å²) in [6.07, 6.45) is 12.2. The Hall–Kier alpha value is -6.90. The van der Waals surface area contributed by atoms with Crippen molar-refractivity contribution in [2.45, 2.75) is 33.6 Å². The second kappa shape index (κ2) is 17.3. The molecule has 2 heteroatoms. The first kappa shape index (κ1) is 38.9. The van der Waals surface area contributed by atoms with Crippen LogP contribution in [0.3, 0.4) is 0 Å². The van der Waals surface area contributed by atoms with Crippen LogP contribution in [0.4, 0.5) is 28.4 Å². The minimum Gasteiger partial charge on any atom is -0.344 e. The molecule has 0 aromatic heterocycles. The lowest BCUT2D eigenvalue weighted by molar-refractivity contribution is 1.14. The Bertz CT molecular complexity index is 2910. The fraction of sp³-hybridized carbons (Fsp3) is 0.123. The van der Waals surface area contributed by atoms with Crippen LogP contribution in [0.25, 0.3) is 59.4 Å². The lowest BCUT2D eigenvalue weighted by atomic mass is 9.89. The monoisotopic (exact) mass is 764 g/mol. The largest absolute Gasteiger partial charge is 0.344 e. The van der Waals surface area contributed by atoms with Crippen LogP contribution in [-0.4, -0.2) is 7.05 Å². The Morgan fingerprint density at radius 3 is 1.68 bits per heavy atom. The number of hydrogen-bond acceptors (Lipinski definition) is 2. The Balaban J connectivity index is 0.000000646. The molecule has 1 saturated carbocycles. The van der Waals surface area contributed by atoms with Crippen molar-refractivity contribution in [1.29, 1.82) is 0 Å². The van der Waals surface area contributed by atoms with Crippen LogP contribution in [-0.2, 0) is 0 Å². The van der Waals surface area contributed by atoms with Crippen molar-refractivity contribution in [3.05, 3.63) is 207 Å². The van der Waals surface area contributed by atoms with Crippen molar-refractivity contribution in [2.24, 2.45) is 5.92 Å². The van der Waals surface area contributed by atoms with Gasteiger partial charge in [-0.05, 0) is 140 Å². The molecule has 0 atom stereocenters. The summed E-state index contributed by atoms with van der Waals surface area (Å²) in [5.74, 6) is 0.651. The van der Waals surface area contributed by atoms with E-state index >= 15 is 0 Å². The van der Waals surface area contributed by atoms with Gasteiger partial charge < -0.3 is 9.80 Å². The van der Waals surface area contributed by atoms with Gasteiger partial charge in [-0.25, -0.2) is 0 Å². The molecule has 0 saturated heterocycles. The second-order valence-electron chi connectivity index (χ2n) is 15.0. The van der Waals surface area contributed by atoms with Gasteiger partial charge in [-0.1, -0.05) is 161 Å². The predicted octanol–water partition coefficient (Wildman–Crippen LogP) is 16.9. The molecule has 0 amide bonds. The second-order valence-corrected chi connectivity index (χ2v) is 15.0. The Morgan fingerprint density at radius 1 is 0.525 bits per heavy atom. The molecule has 9 aromatic carbocycles. The molecule has 0 bridgehead atoms. The summed E-state index contributed by atoms with van der Waals surface area (Å²) in [5.41, 5.74) is 8.39. The van der Waals surface area contributed by atoms with E-state index in [9.17, 15) is 0 Å². The summed E-state index contributed by atoms with van der Waals surface area (Å²) in [6.45, 7) is 13.4. The summed E-state index contributed by atoms with van der Waals surface area (Å²) in [5, 5.41) is 13.0. The minimum atomic E-state index is 0.651. The molecule has 290 valence electrons. The summed E-state index contributed by atoms with van der Waals surface area (Å²) >= 11 is 0. The third kappa shape index (κ3) is 7.51. The fourth-order valence-electron chi connectivity index (χ4n) is 8.58. The van der Waals surface area contributed by atoms with Crippen molar-refractivity contribution in [3.8, 4) is 0 Å². The van der Waals surface area contributed by atoms with E-state index in [1.54, 1.807) is 6.08 Å².